The van der Waals surface area contributed by atoms with Gasteiger partial charge in [-0.2, -0.15) is 8.78 Å². The van der Waals surface area contributed by atoms with E-state index in [1.165, 1.54) is 0 Å². The number of rotatable bonds is 4. The molecule has 0 fully saturated rings. The second-order valence-electron chi connectivity index (χ2n) is 2.94. The highest BCUT2D eigenvalue weighted by Crippen LogP contribution is 2.31. The van der Waals surface area contributed by atoms with E-state index in [9.17, 15) is 22.0 Å². The van der Waals surface area contributed by atoms with Crippen molar-refractivity contribution < 1.29 is 31.5 Å². The Balaban J connectivity index is 3.50. The van der Waals surface area contributed by atoms with Crippen LogP contribution in [0, 0.1) is 0 Å². The van der Waals surface area contributed by atoms with Gasteiger partial charge in [-0.05, 0) is 12.1 Å². The summed E-state index contributed by atoms with van der Waals surface area (Å²) < 4.78 is 55.2. The summed E-state index contributed by atoms with van der Waals surface area (Å²) in [6.07, 6.45) is 0. The van der Waals surface area contributed by atoms with Gasteiger partial charge in [-0.25, -0.2) is 13.2 Å². The minimum atomic E-state index is -4.45. The van der Waals surface area contributed by atoms with E-state index in [1.807, 2.05) is 0 Å². The van der Waals surface area contributed by atoms with Crippen molar-refractivity contribution in [2.45, 2.75) is 11.5 Å². The van der Waals surface area contributed by atoms with Crippen LogP contribution in [0.4, 0.5) is 8.78 Å². The second kappa shape index (κ2) is 5.49. The van der Waals surface area contributed by atoms with Crippen molar-refractivity contribution in [3.8, 4) is 5.75 Å². The van der Waals surface area contributed by atoms with Gasteiger partial charge in [0.15, 0.2) is 0 Å². The van der Waals surface area contributed by atoms with Crippen LogP contribution < -0.4 is 4.74 Å². The Morgan fingerprint density at radius 1 is 1.39 bits per heavy atom. The molecule has 0 aromatic heterocycles. The summed E-state index contributed by atoms with van der Waals surface area (Å²) in [7, 11) is 1.65. The fourth-order valence-electron chi connectivity index (χ4n) is 1.23. The van der Waals surface area contributed by atoms with Gasteiger partial charge in [0.2, 0.25) is 0 Å². The maximum Gasteiger partial charge on any atom is 0.387 e. The van der Waals surface area contributed by atoms with Crippen LogP contribution in [0.2, 0.25) is 0 Å². The van der Waals surface area contributed by atoms with Crippen LogP contribution in [0.15, 0.2) is 23.1 Å². The van der Waals surface area contributed by atoms with Gasteiger partial charge in [0, 0.05) is 10.7 Å². The molecule has 1 rings (SSSR count). The topological polar surface area (TPSA) is 69.7 Å². The van der Waals surface area contributed by atoms with Gasteiger partial charge in [0.1, 0.15) is 10.6 Å². The molecule has 0 spiro atoms. The van der Waals surface area contributed by atoms with Gasteiger partial charge in [-0.15, -0.1) is 0 Å². The number of ether oxygens (including phenoxy) is 2. The molecule has 0 saturated carbocycles. The quantitative estimate of drug-likeness (QED) is 0.628. The van der Waals surface area contributed by atoms with Crippen molar-refractivity contribution in [1.29, 1.82) is 0 Å². The van der Waals surface area contributed by atoms with Crippen molar-refractivity contribution in [2.24, 2.45) is 0 Å². The van der Waals surface area contributed by atoms with Crippen molar-refractivity contribution >= 4 is 25.7 Å². The van der Waals surface area contributed by atoms with Crippen molar-refractivity contribution in [3.63, 3.8) is 0 Å². The highest BCUT2D eigenvalue weighted by atomic mass is 35.7. The molecule has 100 valence electrons. The van der Waals surface area contributed by atoms with Gasteiger partial charge < -0.3 is 9.47 Å². The number of hydrogen-bond acceptors (Lipinski definition) is 5. The Morgan fingerprint density at radius 2 is 2.00 bits per heavy atom. The third kappa shape index (κ3) is 3.30. The van der Waals surface area contributed by atoms with E-state index in [0.717, 1.165) is 25.3 Å². The molecule has 0 atom stereocenters. The number of hydrogen-bond donors (Lipinski definition) is 0. The molecule has 0 radical (unpaired) electrons. The summed E-state index contributed by atoms with van der Waals surface area (Å²) in [5, 5.41) is 0. The van der Waals surface area contributed by atoms with E-state index in [1.54, 1.807) is 0 Å². The van der Waals surface area contributed by atoms with Crippen molar-refractivity contribution in [1.82, 2.24) is 0 Å². The standard InChI is InChI=1S/C9H7ClF2O5S/c1-16-8(13)5-3-2-4-6(17-9(11)12)7(5)18(10,14)15/h2-4,9H,1H3. The maximum atomic E-state index is 12.1. The lowest BCUT2D eigenvalue weighted by molar-refractivity contribution is -0.0518. The van der Waals surface area contributed by atoms with Crippen LogP contribution in [0.3, 0.4) is 0 Å². The van der Waals surface area contributed by atoms with E-state index in [2.05, 4.69) is 9.47 Å². The zero-order valence-electron chi connectivity index (χ0n) is 8.89. The predicted octanol–water partition coefficient (Wildman–Crippen LogP) is 2.00. The summed E-state index contributed by atoms with van der Waals surface area (Å²) in [5.41, 5.74) is -0.481. The highest BCUT2D eigenvalue weighted by Gasteiger charge is 2.27. The van der Waals surface area contributed by atoms with Crippen LogP contribution in [-0.2, 0) is 13.8 Å². The summed E-state index contributed by atoms with van der Waals surface area (Å²) >= 11 is 0. The zero-order valence-corrected chi connectivity index (χ0v) is 10.5. The maximum absolute atomic E-state index is 12.1. The first-order chi connectivity index (χ1) is 8.27. The van der Waals surface area contributed by atoms with Gasteiger partial charge in [-0.3, -0.25) is 0 Å². The van der Waals surface area contributed by atoms with E-state index >= 15 is 0 Å². The van der Waals surface area contributed by atoms with Gasteiger partial charge >= 0.3 is 12.6 Å². The number of benzene rings is 1. The molecule has 0 aliphatic carbocycles. The van der Waals surface area contributed by atoms with E-state index in [0.29, 0.717) is 0 Å². The highest BCUT2D eigenvalue weighted by molar-refractivity contribution is 8.13. The Bertz CT molecular complexity index is 558. The Kier molecular flexibility index (Phi) is 4.47. The van der Waals surface area contributed by atoms with Crippen LogP contribution in [0.1, 0.15) is 10.4 Å². The normalized spacial score (nSPS) is 11.4. The molecule has 9 heteroatoms. The number of methoxy groups -OCH3 is 1. The summed E-state index contributed by atoms with van der Waals surface area (Å²) in [4.78, 5) is 10.5. The fraction of sp³-hybridized carbons (Fsp3) is 0.222. The lowest BCUT2D eigenvalue weighted by atomic mass is 10.2. The number of carbonyl (C=O) groups excluding carboxylic acids is 1. The molecule has 0 heterocycles. The molecule has 0 saturated heterocycles. The average Bonchev–Trinajstić information content (AvgIpc) is 2.25. The molecule has 0 N–H and O–H groups in total. The van der Waals surface area contributed by atoms with Gasteiger partial charge in [0.25, 0.3) is 9.05 Å². The third-order valence-corrected chi connectivity index (χ3v) is 3.22. The van der Waals surface area contributed by atoms with Crippen LogP contribution in [0.25, 0.3) is 0 Å². The van der Waals surface area contributed by atoms with E-state index in [-0.39, 0.29) is 0 Å². The molecule has 0 unspecified atom stereocenters. The van der Waals surface area contributed by atoms with Crippen molar-refractivity contribution in [2.75, 3.05) is 7.11 Å². The molecule has 0 aliphatic heterocycles. The smallest absolute Gasteiger partial charge is 0.387 e. The predicted molar refractivity (Wildman–Crippen MR) is 57.5 cm³/mol. The molecule has 0 amide bonds. The van der Waals surface area contributed by atoms with Crippen LogP contribution in [0.5, 0.6) is 5.75 Å². The summed E-state index contributed by atoms with van der Waals surface area (Å²) in [6.45, 7) is -3.25. The number of esters is 1. The molecule has 0 aliphatic rings. The first-order valence-corrected chi connectivity index (χ1v) is 6.69. The third-order valence-electron chi connectivity index (χ3n) is 1.84. The first kappa shape index (κ1) is 14.7. The number of halogens is 3. The monoisotopic (exact) mass is 300 g/mol. The minimum absolute atomic E-state index is 0.481. The number of alkyl halides is 2. The fourth-order valence-corrected chi connectivity index (χ4v) is 2.47. The molecule has 0 bridgehead atoms. The molecule has 18 heavy (non-hydrogen) atoms. The average molecular weight is 301 g/mol. The van der Waals surface area contributed by atoms with Gasteiger partial charge in [0.05, 0.1) is 12.7 Å². The van der Waals surface area contributed by atoms with E-state index in [4.69, 9.17) is 10.7 Å². The Labute approximate surface area is 106 Å². The second-order valence-corrected chi connectivity index (χ2v) is 5.44. The van der Waals surface area contributed by atoms with Crippen LogP contribution in [-0.4, -0.2) is 28.1 Å². The zero-order chi connectivity index (χ0) is 13.9. The lowest BCUT2D eigenvalue weighted by Gasteiger charge is -2.11. The lowest BCUT2D eigenvalue weighted by Crippen LogP contribution is -2.11. The Hall–Kier alpha value is -1.41. The van der Waals surface area contributed by atoms with Gasteiger partial charge in [-0.1, -0.05) is 6.07 Å². The molecular weight excluding hydrogens is 294 g/mol. The van der Waals surface area contributed by atoms with Crippen molar-refractivity contribution in [3.05, 3.63) is 23.8 Å². The van der Waals surface area contributed by atoms with Crippen LogP contribution >= 0.6 is 10.7 Å². The minimum Gasteiger partial charge on any atom is -0.465 e. The molecular formula is C9H7ClF2O5S. The molecule has 1 aromatic carbocycles. The molecule has 5 nitrogen and oxygen atoms in total. The number of carbonyl (C=O) groups is 1. The molecule has 1 aromatic rings. The Morgan fingerprint density at radius 3 is 2.44 bits per heavy atom. The summed E-state index contributed by atoms with van der Waals surface area (Å²) in [5.74, 6) is -1.75. The van der Waals surface area contributed by atoms with E-state index < -0.39 is 37.8 Å². The largest absolute Gasteiger partial charge is 0.465 e. The SMILES string of the molecule is COC(=O)c1cccc(OC(F)F)c1S(=O)(=O)Cl. The summed E-state index contributed by atoms with van der Waals surface area (Å²) in [6, 6.07) is 3.18. The first-order valence-electron chi connectivity index (χ1n) is 4.38.